The monoisotopic (exact) mass is 297 g/mol. The number of rotatable bonds is 7. The van der Waals surface area contributed by atoms with Crippen molar-refractivity contribution >= 4 is 5.84 Å². The van der Waals surface area contributed by atoms with Gasteiger partial charge in [0.15, 0.2) is 17.4 Å². The van der Waals surface area contributed by atoms with Gasteiger partial charge in [0.25, 0.3) is 0 Å². The fourth-order valence-electron chi connectivity index (χ4n) is 2.21. The van der Waals surface area contributed by atoms with Crippen molar-refractivity contribution in [1.29, 1.82) is 0 Å². The molecule has 0 saturated carbocycles. The van der Waals surface area contributed by atoms with Crippen LogP contribution in [0.1, 0.15) is 33.3 Å². The van der Waals surface area contributed by atoms with Crippen molar-refractivity contribution in [3.05, 3.63) is 29.6 Å². The molecular weight excluding hydrogens is 273 g/mol. The van der Waals surface area contributed by atoms with Gasteiger partial charge in [0, 0.05) is 24.2 Å². The van der Waals surface area contributed by atoms with Crippen LogP contribution in [0, 0.1) is 5.82 Å². The molecular formula is C15H24FN3O2. The Morgan fingerprint density at radius 1 is 1.33 bits per heavy atom. The Labute approximate surface area is 125 Å². The number of hydrogen-bond acceptors (Lipinski definition) is 4. The molecule has 1 aromatic rings. The van der Waals surface area contributed by atoms with Crippen molar-refractivity contribution in [3.63, 3.8) is 0 Å². The van der Waals surface area contributed by atoms with Crippen molar-refractivity contribution in [2.45, 2.75) is 39.8 Å². The van der Waals surface area contributed by atoms with E-state index in [1.54, 1.807) is 6.07 Å². The van der Waals surface area contributed by atoms with E-state index < -0.39 is 5.82 Å². The van der Waals surface area contributed by atoms with Crippen LogP contribution in [0.15, 0.2) is 23.4 Å². The minimum absolute atomic E-state index is 0.133. The first kappa shape index (κ1) is 17.2. The zero-order valence-electron chi connectivity index (χ0n) is 13.0. The number of benzene rings is 1. The van der Waals surface area contributed by atoms with Crippen LogP contribution >= 0.6 is 0 Å². The van der Waals surface area contributed by atoms with Crippen LogP contribution in [0.4, 0.5) is 4.39 Å². The normalized spacial score (nSPS) is 12.5. The van der Waals surface area contributed by atoms with Crippen LogP contribution < -0.4 is 10.5 Å². The molecule has 1 aromatic carbocycles. The van der Waals surface area contributed by atoms with Crippen LogP contribution in [-0.2, 0) is 0 Å². The highest BCUT2D eigenvalue weighted by Crippen LogP contribution is 2.18. The van der Waals surface area contributed by atoms with E-state index in [9.17, 15) is 4.39 Å². The van der Waals surface area contributed by atoms with Gasteiger partial charge in [-0.15, -0.1) is 0 Å². The van der Waals surface area contributed by atoms with Crippen LogP contribution in [0.5, 0.6) is 5.75 Å². The maximum atomic E-state index is 13.9. The quantitative estimate of drug-likeness (QED) is 0.351. The first-order valence-electron chi connectivity index (χ1n) is 7.02. The van der Waals surface area contributed by atoms with Crippen molar-refractivity contribution < 1.29 is 14.3 Å². The first-order valence-corrected chi connectivity index (χ1v) is 7.02. The van der Waals surface area contributed by atoms with Gasteiger partial charge in [-0.05, 0) is 45.9 Å². The number of ether oxygens (including phenoxy) is 1. The summed E-state index contributed by atoms with van der Waals surface area (Å²) in [4.78, 5) is 2.27. The second-order valence-corrected chi connectivity index (χ2v) is 5.40. The molecule has 0 aliphatic heterocycles. The van der Waals surface area contributed by atoms with E-state index >= 15 is 0 Å². The van der Waals surface area contributed by atoms with Crippen molar-refractivity contribution in [2.75, 3.05) is 13.2 Å². The predicted molar refractivity (Wildman–Crippen MR) is 81.4 cm³/mol. The number of amidine groups is 1. The summed E-state index contributed by atoms with van der Waals surface area (Å²) in [5.41, 5.74) is 5.72. The molecule has 0 radical (unpaired) electrons. The molecule has 5 nitrogen and oxygen atoms in total. The molecule has 0 heterocycles. The van der Waals surface area contributed by atoms with Crippen LogP contribution in [-0.4, -0.2) is 41.2 Å². The molecule has 0 aromatic heterocycles. The highest BCUT2D eigenvalue weighted by atomic mass is 19.1. The topological polar surface area (TPSA) is 71.1 Å². The summed E-state index contributed by atoms with van der Waals surface area (Å²) >= 11 is 0. The molecule has 0 aliphatic rings. The molecule has 1 rings (SSSR count). The maximum Gasteiger partial charge on any atom is 0.170 e. The first-order chi connectivity index (χ1) is 9.86. The molecule has 21 heavy (non-hydrogen) atoms. The van der Waals surface area contributed by atoms with Gasteiger partial charge in [-0.2, -0.15) is 0 Å². The van der Waals surface area contributed by atoms with Crippen LogP contribution in [0.2, 0.25) is 0 Å². The lowest BCUT2D eigenvalue weighted by Crippen LogP contribution is -2.39. The smallest absolute Gasteiger partial charge is 0.170 e. The summed E-state index contributed by atoms with van der Waals surface area (Å²) in [5.74, 6) is -0.497. The number of nitrogens with two attached hydrogens (primary N) is 1. The summed E-state index contributed by atoms with van der Waals surface area (Å²) < 4.78 is 19.3. The van der Waals surface area contributed by atoms with Gasteiger partial charge < -0.3 is 15.7 Å². The van der Waals surface area contributed by atoms with Gasteiger partial charge in [-0.3, -0.25) is 4.90 Å². The molecule has 6 heteroatoms. The number of nitrogens with zero attached hydrogens (tertiary/aromatic N) is 2. The third-order valence-corrected chi connectivity index (χ3v) is 3.27. The largest absolute Gasteiger partial charge is 0.489 e. The minimum atomic E-state index is -0.528. The summed E-state index contributed by atoms with van der Waals surface area (Å²) in [6.45, 7) is 9.59. The molecule has 0 saturated heterocycles. The molecule has 0 aliphatic carbocycles. The van der Waals surface area contributed by atoms with Gasteiger partial charge >= 0.3 is 0 Å². The molecule has 0 spiro atoms. The van der Waals surface area contributed by atoms with Crippen molar-refractivity contribution in [3.8, 4) is 5.75 Å². The third kappa shape index (κ3) is 4.90. The molecule has 0 amide bonds. The Bertz CT molecular complexity index is 482. The number of oxime groups is 1. The second kappa shape index (κ2) is 7.83. The van der Waals surface area contributed by atoms with Gasteiger partial charge in [-0.1, -0.05) is 5.16 Å². The molecule has 0 bridgehead atoms. The lowest BCUT2D eigenvalue weighted by atomic mass is 10.2. The van der Waals surface area contributed by atoms with Crippen LogP contribution in [0.25, 0.3) is 0 Å². The second-order valence-electron chi connectivity index (χ2n) is 5.40. The number of halogens is 1. The van der Waals surface area contributed by atoms with Gasteiger partial charge in [-0.25, -0.2) is 4.39 Å². The van der Waals surface area contributed by atoms with Gasteiger partial charge in [0.1, 0.15) is 6.61 Å². The van der Waals surface area contributed by atoms with E-state index in [1.165, 1.54) is 12.1 Å². The Morgan fingerprint density at radius 2 is 1.95 bits per heavy atom. The molecule has 0 unspecified atom stereocenters. The van der Waals surface area contributed by atoms with E-state index in [-0.39, 0.29) is 11.6 Å². The highest BCUT2D eigenvalue weighted by Gasteiger charge is 2.14. The van der Waals surface area contributed by atoms with E-state index in [0.717, 1.165) is 6.54 Å². The zero-order valence-corrected chi connectivity index (χ0v) is 13.0. The van der Waals surface area contributed by atoms with E-state index in [2.05, 4.69) is 37.8 Å². The summed E-state index contributed by atoms with van der Waals surface area (Å²) in [5, 5.41) is 11.4. The van der Waals surface area contributed by atoms with Crippen LogP contribution in [0.3, 0.4) is 0 Å². The van der Waals surface area contributed by atoms with Crippen molar-refractivity contribution in [1.82, 2.24) is 4.90 Å². The van der Waals surface area contributed by atoms with E-state index in [4.69, 9.17) is 15.7 Å². The maximum absolute atomic E-state index is 13.9. The van der Waals surface area contributed by atoms with E-state index in [0.29, 0.717) is 24.3 Å². The minimum Gasteiger partial charge on any atom is -0.489 e. The molecule has 0 fully saturated rings. The summed E-state index contributed by atoms with van der Waals surface area (Å²) in [6, 6.07) is 5.03. The highest BCUT2D eigenvalue weighted by molar-refractivity contribution is 5.97. The average Bonchev–Trinajstić information content (AvgIpc) is 2.43. The molecule has 0 atom stereocenters. The van der Waals surface area contributed by atoms with Gasteiger partial charge in [0.2, 0.25) is 0 Å². The third-order valence-electron chi connectivity index (χ3n) is 3.27. The number of hydrogen-bond donors (Lipinski definition) is 2. The Balaban J connectivity index is 2.64. The SMILES string of the molecule is CC(C)N(CCOc1ccc(/C(N)=N/O)cc1F)C(C)C. The Kier molecular flexibility index (Phi) is 6.42. The summed E-state index contributed by atoms with van der Waals surface area (Å²) in [6.07, 6.45) is 0. The van der Waals surface area contributed by atoms with E-state index in [1.807, 2.05) is 0 Å². The van der Waals surface area contributed by atoms with Gasteiger partial charge in [0.05, 0.1) is 0 Å². The molecule has 118 valence electrons. The predicted octanol–water partition coefficient (Wildman–Crippen LogP) is 2.42. The average molecular weight is 297 g/mol. The Hall–Kier alpha value is -1.82. The summed E-state index contributed by atoms with van der Waals surface area (Å²) in [7, 11) is 0. The fraction of sp³-hybridized carbons (Fsp3) is 0.533. The Morgan fingerprint density at radius 3 is 2.43 bits per heavy atom. The van der Waals surface area contributed by atoms with Crippen molar-refractivity contribution in [2.24, 2.45) is 10.9 Å². The lowest BCUT2D eigenvalue weighted by Gasteiger charge is -2.30. The molecule has 3 N–H and O–H groups in total. The lowest BCUT2D eigenvalue weighted by molar-refractivity contribution is 0.140. The standard InChI is InChI=1S/C15H24FN3O2/c1-10(2)19(11(3)4)7-8-21-14-6-5-12(9-13(14)16)15(17)18-20/h5-6,9-11,20H,7-8H2,1-4H3,(H2,17,18). The zero-order chi connectivity index (χ0) is 16.0. The fourth-order valence-corrected chi connectivity index (χ4v) is 2.21.